The van der Waals surface area contributed by atoms with Gasteiger partial charge in [0.05, 0.1) is 26.2 Å². The standard InChI is InChI=1S/C22H14Br2N2O5S2/c23-17-2-1-3-18(24)16(17)12-33(30,31)15-8-9-19-20(11-15)32-21(22(27)25-19)10-13-4-6-14(7-5-13)26(28)29/h1-11H,12H2,(H,25,27)/b21-10-. The lowest BCUT2D eigenvalue weighted by atomic mass is 10.2. The Morgan fingerprint density at radius 2 is 1.70 bits per heavy atom. The lowest BCUT2D eigenvalue weighted by Gasteiger charge is -2.19. The molecule has 1 heterocycles. The summed E-state index contributed by atoms with van der Waals surface area (Å²) in [5, 5.41) is 13.6. The number of nitro benzene ring substituents is 1. The van der Waals surface area contributed by atoms with Crippen molar-refractivity contribution in [2.75, 3.05) is 5.32 Å². The SMILES string of the molecule is O=C1Nc2ccc(S(=O)(=O)Cc3c(Br)cccc3Br)cc2S/C1=C\c1ccc([N+](=O)[O-])cc1. The molecule has 0 saturated carbocycles. The minimum absolute atomic E-state index is 0.0465. The van der Waals surface area contributed by atoms with Gasteiger partial charge in [-0.15, -0.1) is 0 Å². The maximum absolute atomic E-state index is 13.1. The number of sulfone groups is 1. The van der Waals surface area contributed by atoms with E-state index < -0.39 is 14.8 Å². The summed E-state index contributed by atoms with van der Waals surface area (Å²) in [5.41, 5.74) is 1.71. The molecule has 0 atom stereocenters. The normalized spacial score (nSPS) is 14.6. The van der Waals surface area contributed by atoms with Gasteiger partial charge in [0.25, 0.3) is 11.6 Å². The van der Waals surface area contributed by atoms with Crippen molar-refractivity contribution in [2.24, 2.45) is 0 Å². The molecule has 168 valence electrons. The minimum Gasteiger partial charge on any atom is -0.320 e. The number of hydrogen-bond acceptors (Lipinski definition) is 6. The molecule has 0 aromatic heterocycles. The molecule has 4 rings (SSSR count). The maximum Gasteiger partial charge on any atom is 0.269 e. The van der Waals surface area contributed by atoms with E-state index in [2.05, 4.69) is 37.2 Å². The van der Waals surface area contributed by atoms with E-state index in [1.165, 1.54) is 18.2 Å². The smallest absolute Gasteiger partial charge is 0.269 e. The van der Waals surface area contributed by atoms with Gasteiger partial charge < -0.3 is 5.32 Å². The number of halogens is 2. The number of nitro groups is 1. The van der Waals surface area contributed by atoms with E-state index in [9.17, 15) is 23.3 Å². The molecule has 1 amide bonds. The van der Waals surface area contributed by atoms with Crippen LogP contribution in [0.15, 0.2) is 84.3 Å². The van der Waals surface area contributed by atoms with Gasteiger partial charge in [-0.25, -0.2) is 8.42 Å². The van der Waals surface area contributed by atoms with Gasteiger partial charge in [-0.1, -0.05) is 49.7 Å². The van der Waals surface area contributed by atoms with Crippen molar-refractivity contribution < 1.29 is 18.1 Å². The molecule has 11 heteroatoms. The van der Waals surface area contributed by atoms with Crippen LogP contribution in [0.5, 0.6) is 0 Å². The van der Waals surface area contributed by atoms with Crippen molar-refractivity contribution in [1.29, 1.82) is 0 Å². The largest absolute Gasteiger partial charge is 0.320 e. The van der Waals surface area contributed by atoms with Crippen LogP contribution in [0.3, 0.4) is 0 Å². The number of nitrogens with one attached hydrogen (secondary N) is 1. The molecule has 0 bridgehead atoms. The number of rotatable bonds is 5. The quantitative estimate of drug-likeness (QED) is 0.210. The van der Waals surface area contributed by atoms with Gasteiger partial charge in [-0.05, 0) is 59.7 Å². The van der Waals surface area contributed by atoms with E-state index in [4.69, 9.17) is 0 Å². The van der Waals surface area contributed by atoms with Gasteiger partial charge in [-0.3, -0.25) is 14.9 Å². The van der Waals surface area contributed by atoms with Gasteiger partial charge in [0.1, 0.15) is 0 Å². The molecule has 7 nitrogen and oxygen atoms in total. The molecular weight excluding hydrogens is 596 g/mol. The van der Waals surface area contributed by atoms with Crippen LogP contribution in [0.2, 0.25) is 0 Å². The number of anilines is 1. The van der Waals surface area contributed by atoms with Crippen molar-refractivity contribution in [3.05, 3.63) is 95.8 Å². The number of thioether (sulfide) groups is 1. The van der Waals surface area contributed by atoms with Crippen LogP contribution < -0.4 is 5.32 Å². The highest BCUT2D eigenvalue weighted by Gasteiger charge is 2.25. The van der Waals surface area contributed by atoms with E-state index in [1.54, 1.807) is 48.5 Å². The average Bonchev–Trinajstić information content (AvgIpc) is 2.77. The molecule has 3 aromatic rings. The molecule has 33 heavy (non-hydrogen) atoms. The Morgan fingerprint density at radius 3 is 2.33 bits per heavy atom. The van der Waals surface area contributed by atoms with Crippen LogP contribution in [0, 0.1) is 10.1 Å². The summed E-state index contributed by atoms with van der Waals surface area (Å²) in [6, 6.07) is 15.8. The number of carbonyl (C=O) groups excluding carboxylic acids is 1. The molecule has 0 aliphatic carbocycles. The Balaban J connectivity index is 1.63. The highest BCUT2D eigenvalue weighted by molar-refractivity contribution is 9.11. The number of fused-ring (bicyclic) bond motifs is 1. The number of non-ortho nitro benzene ring substituents is 1. The molecule has 0 radical (unpaired) electrons. The first kappa shape index (κ1) is 23.7. The van der Waals surface area contributed by atoms with Crippen molar-refractivity contribution in [1.82, 2.24) is 0 Å². The van der Waals surface area contributed by atoms with Crippen molar-refractivity contribution in [3.63, 3.8) is 0 Å². The van der Waals surface area contributed by atoms with E-state index in [-0.39, 0.29) is 22.2 Å². The van der Waals surface area contributed by atoms with E-state index in [1.807, 2.05) is 0 Å². The zero-order valence-corrected chi connectivity index (χ0v) is 21.4. The van der Waals surface area contributed by atoms with Crippen LogP contribution in [0.4, 0.5) is 11.4 Å². The summed E-state index contributed by atoms with van der Waals surface area (Å²) in [5.74, 6) is -0.533. The van der Waals surface area contributed by atoms with Crippen LogP contribution in [0.1, 0.15) is 11.1 Å². The zero-order chi connectivity index (χ0) is 23.8. The number of amides is 1. The Morgan fingerprint density at radius 1 is 1.03 bits per heavy atom. The highest BCUT2D eigenvalue weighted by atomic mass is 79.9. The van der Waals surface area contributed by atoms with E-state index in [0.29, 0.717) is 35.6 Å². The third kappa shape index (κ3) is 5.21. The highest BCUT2D eigenvalue weighted by Crippen LogP contribution is 2.41. The Bertz CT molecular complexity index is 1400. The molecule has 0 unspecified atom stereocenters. The maximum atomic E-state index is 13.1. The second kappa shape index (κ2) is 9.41. The fourth-order valence-electron chi connectivity index (χ4n) is 3.11. The second-order valence-electron chi connectivity index (χ2n) is 7.03. The molecule has 0 saturated heterocycles. The Labute approximate surface area is 210 Å². The summed E-state index contributed by atoms with van der Waals surface area (Å²) >= 11 is 7.95. The molecule has 0 spiro atoms. The van der Waals surface area contributed by atoms with Gasteiger partial charge in [-0.2, -0.15) is 0 Å². The minimum atomic E-state index is -3.66. The summed E-state index contributed by atoms with van der Waals surface area (Å²) in [4.78, 5) is 23.9. The van der Waals surface area contributed by atoms with Gasteiger partial charge in [0.15, 0.2) is 9.84 Å². The Kier molecular flexibility index (Phi) is 6.76. The van der Waals surface area contributed by atoms with Gasteiger partial charge in [0, 0.05) is 26.0 Å². The predicted molar refractivity (Wildman–Crippen MR) is 135 cm³/mol. The first-order valence-corrected chi connectivity index (χ1v) is 13.4. The predicted octanol–water partition coefficient (Wildman–Crippen LogP) is 6.18. The van der Waals surface area contributed by atoms with E-state index in [0.717, 1.165) is 11.8 Å². The monoisotopic (exact) mass is 608 g/mol. The fraction of sp³-hybridized carbons (Fsp3) is 0.0455. The molecule has 0 fully saturated rings. The molecule has 3 aromatic carbocycles. The Hall–Kier alpha value is -2.47. The van der Waals surface area contributed by atoms with Gasteiger partial charge in [0.2, 0.25) is 0 Å². The summed E-state index contributed by atoms with van der Waals surface area (Å²) in [6.07, 6.45) is 1.60. The lowest BCUT2D eigenvalue weighted by Crippen LogP contribution is -2.17. The number of hydrogen-bond donors (Lipinski definition) is 1. The summed E-state index contributed by atoms with van der Waals surface area (Å²) in [7, 11) is -3.66. The molecule has 1 aliphatic heterocycles. The molecule has 1 aliphatic rings. The third-order valence-electron chi connectivity index (χ3n) is 4.80. The van der Waals surface area contributed by atoms with Crippen LogP contribution in [-0.4, -0.2) is 19.2 Å². The van der Waals surface area contributed by atoms with E-state index >= 15 is 0 Å². The van der Waals surface area contributed by atoms with Crippen LogP contribution in [-0.2, 0) is 20.4 Å². The average molecular weight is 610 g/mol. The first-order valence-electron chi connectivity index (χ1n) is 9.39. The van der Waals surface area contributed by atoms with Gasteiger partial charge >= 0.3 is 0 Å². The van der Waals surface area contributed by atoms with Crippen molar-refractivity contribution >= 4 is 76.8 Å². The van der Waals surface area contributed by atoms with Crippen LogP contribution in [0.25, 0.3) is 6.08 Å². The first-order chi connectivity index (χ1) is 15.6. The van der Waals surface area contributed by atoms with Crippen molar-refractivity contribution in [2.45, 2.75) is 15.5 Å². The lowest BCUT2D eigenvalue weighted by molar-refractivity contribution is -0.384. The second-order valence-corrected chi connectivity index (χ2v) is 11.8. The number of benzene rings is 3. The molecule has 1 N–H and O–H groups in total. The van der Waals surface area contributed by atoms with Crippen molar-refractivity contribution in [3.8, 4) is 0 Å². The molecular formula is C22H14Br2N2O5S2. The van der Waals surface area contributed by atoms with Crippen LogP contribution >= 0.6 is 43.6 Å². The number of carbonyl (C=O) groups is 1. The zero-order valence-electron chi connectivity index (χ0n) is 16.6. The fourth-order valence-corrected chi connectivity index (χ4v) is 7.26. The number of nitrogens with zero attached hydrogens (tertiary/aromatic N) is 1. The topological polar surface area (TPSA) is 106 Å². The summed E-state index contributed by atoms with van der Waals surface area (Å²) in [6.45, 7) is 0. The third-order valence-corrected chi connectivity index (χ3v) is 9.01. The summed E-state index contributed by atoms with van der Waals surface area (Å²) < 4.78 is 27.6.